The van der Waals surface area contributed by atoms with Crippen molar-refractivity contribution in [2.75, 3.05) is 0 Å². The Morgan fingerprint density at radius 2 is 0.160 bits per heavy atom. The molecule has 0 fully saturated rings. The van der Waals surface area contributed by atoms with E-state index in [0.717, 1.165) is 0 Å². The lowest BCUT2D eigenvalue weighted by Gasteiger charge is -2.26. The Hall–Kier alpha value is -19.5. The summed E-state index contributed by atoms with van der Waals surface area (Å²) >= 11 is 0. The highest BCUT2D eigenvalue weighted by molar-refractivity contribution is 6.38. The van der Waals surface area contributed by atoms with E-state index >= 15 is 0 Å². The van der Waals surface area contributed by atoms with E-state index < -0.39 is 0 Å². The number of fused-ring (bicyclic) bond motifs is 9. The maximum absolute atomic E-state index is 2.34. The maximum Gasteiger partial charge on any atom is -0.000116 e. The minimum Gasteiger partial charge on any atom is -0.0622 e. The summed E-state index contributed by atoms with van der Waals surface area (Å²) in [5.41, 5.74) is 39.4. The van der Waals surface area contributed by atoms with Crippen LogP contribution in [0.4, 0.5) is 0 Å². The van der Waals surface area contributed by atoms with Crippen LogP contribution in [-0.2, 0) is 0 Å². The van der Waals surface area contributed by atoms with Crippen molar-refractivity contribution in [1.82, 2.24) is 0 Å². The summed E-state index contributed by atoms with van der Waals surface area (Å²) in [6.07, 6.45) is 0. The van der Waals surface area contributed by atoms with Crippen molar-refractivity contribution < 1.29 is 0 Å². The molecule has 0 aliphatic rings. The Labute approximate surface area is 875 Å². The highest BCUT2D eigenvalue weighted by Crippen LogP contribution is 2.60. The van der Waals surface area contributed by atoms with Crippen LogP contribution >= 0.6 is 0 Å². The lowest BCUT2D eigenvalue weighted by molar-refractivity contribution is 1.59. The second-order valence-corrected chi connectivity index (χ2v) is 38.7. The summed E-state index contributed by atoms with van der Waals surface area (Å²) in [7, 11) is 0. The van der Waals surface area contributed by atoms with Crippen molar-refractivity contribution in [3.63, 3.8) is 0 Å². The molecule has 0 heteroatoms. The number of hydrogen-bond donors (Lipinski definition) is 0. The summed E-state index contributed by atoms with van der Waals surface area (Å²) in [4.78, 5) is 0. The summed E-state index contributed by atoms with van der Waals surface area (Å²) in [5, 5.41) is 22.6. The normalized spacial score (nSPS) is 11.3. The topological polar surface area (TPSA) is 0 Å². The fourth-order valence-electron chi connectivity index (χ4n) is 23.8. The molecule has 0 aliphatic carbocycles. The Balaban J connectivity index is 0.000000114. The van der Waals surface area contributed by atoms with E-state index in [-0.39, 0.29) is 0 Å². The number of rotatable bonds is 16. The van der Waals surface area contributed by atoms with E-state index in [9.17, 15) is 0 Å². The van der Waals surface area contributed by atoms with Gasteiger partial charge in [-0.15, -0.1) is 0 Å². The van der Waals surface area contributed by atoms with E-state index in [4.69, 9.17) is 0 Å². The second-order valence-electron chi connectivity index (χ2n) is 38.7. The van der Waals surface area contributed by atoms with Crippen LogP contribution in [0.3, 0.4) is 0 Å². The first kappa shape index (κ1) is 90.5. The van der Waals surface area contributed by atoms with Gasteiger partial charge in [0, 0.05) is 0 Å². The van der Waals surface area contributed by atoms with Gasteiger partial charge in [0.05, 0.1) is 0 Å². The summed E-state index contributed by atoms with van der Waals surface area (Å²) < 4.78 is 0. The molecule has 150 heavy (non-hydrogen) atoms. The zero-order valence-electron chi connectivity index (χ0n) is 82.7. The van der Waals surface area contributed by atoms with Crippen LogP contribution in [0.1, 0.15) is 0 Å². The lowest BCUT2D eigenvalue weighted by atomic mass is 9.76. The van der Waals surface area contributed by atoms with E-state index in [1.54, 1.807) is 0 Å². The van der Waals surface area contributed by atoms with Crippen molar-refractivity contribution in [2.24, 2.45) is 0 Å². The predicted molar refractivity (Wildman–Crippen MR) is 644 cm³/mol. The molecule has 0 amide bonds. The van der Waals surface area contributed by atoms with Gasteiger partial charge in [0.2, 0.25) is 0 Å². The molecule has 0 aromatic heterocycles. The Morgan fingerprint density at radius 1 is 0.0600 bits per heavy atom. The third-order valence-electron chi connectivity index (χ3n) is 30.2. The molecule has 0 saturated carbocycles. The smallest absolute Gasteiger partial charge is 0.000116 e. The molecule has 0 nitrogen and oxygen atoms in total. The van der Waals surface area contributed by atoms with Crippen LogP contribution in [0.15, 0.2) is 607 Å². The first-order valence-electron chi connectivity index (χ1n) is 51.9. The van der Waals surface area contributed by atoms with Gasteiger partial charge in [0.1, 0.15) is 0 Å². The zero-order valence-corrected chi connectivity index (χ0v) is 82.7. The predicted octanol–water partition coefficient (Wildman–Crippen LogP) is 42.1. The van der Waals surface area contributed by atoms with Gasteiger partial charge in [0.15, 0.2) is 0 Å². The van der Waals surface area contributed by atoms with Crippen LogP contribution < -0.4 is 0 Å². The molecular formula is C150H100. The molecule has 0 radical (unpaired) electrons. The lowest BCUT2D eigenvalue weighted by Crippen LogP contribution is -1.99. The number of hydrogen-bond acceptors (Lipinski definition) is 0. The summed E-state index contributed by atoms with van der Waals surface area (Å²) in [6.45, 7) is 0. The van der Waals surface area contributed by atoms with E-state index in [1.807, 2.05) is 0 Å². The molecule has 0 spiro atoms. The SMILES string of the molecule is c1ccc(-c2c3ccccc3c(-c3ccccc3)c3c(-c4ccccc4)c4ccccc4c(-c4ccccc4)c23)cc1.c1ccc(-c2ccc(-c3c4ccccc4c(-c4ccc(-c5ccccc5)cc4)c4c(-c5ccccc5)c5ccccc5c(-c5ccccc5)c34)cc2)cc1.c1ccc(-c2ccccc2-c2c3ccccc3c(-c3ccccc3-c3ccccc3)c3c(-c4ccccc4)c4ccccc4c(-c4ccccc4)c23)cc1. The fourth-order valence-corrected chi connectivity index (χ4v) is 23.8. The highest BCUT2D eigenvalue weighted by Gasteiger charge is 2.32. The molecule has 28 rings (SSSR count). The molecule has 28 aromatic rings. The van der Waals surface area contributed by atoms with Gasteiger partial charge in [-0.3, -0.25) is 0 Å². The molecule has 28 aromatic carbocycles. The number of benzene rings is 28. The third kappa shape index (κ3) is 16.4. The maximum atomic E-state index is 2.34. The van der Waals surface area contributed by atoms with Crippen LogP contribution in [0.25, 0.3) is 275 Å². The first-order chi connectivity index (χ1) is 74.6. The van der Waals surface area contributed by atoms with Crippen LogP contribution in [0.5, 0.6) is 0 Å². The molecule has 0 heterocycles. The van der Waals surface area contributed by atoms with Gasteiger partial charge in [-0.05, 0) is 275 Å². The average molecular weight is 1900 g/mol. The standard InChI is InChI=1S/2C54H36.C42H28/c1-5-21-37(22-6-1)41-29-13-15-31-43(41)51-47-35-19-20-36-48(47)52(44-32-16-14-30-42(44)38-23-7-2-8-24-38)54-50(40-27-11-4-12-28-40)46-34-18-17-33-45(46)49(53(51)54)39-25-9-3-10-26-39;1-5-17-37(18-6-1)39-29-33-43(34-30-39)51-47-27-15-16-28-48(47)52(44-35-31-40(32-36-44)38-19-7-2-8-20-38)54-50(42-23-11-4-12-24-42)46-26-14-13-25-45(46)49(53(51)54)41-21-9-3-10-22-41;1-5-17-29(18-6-1)37-33-25-13-14-26-34(33)39(31-21-9-3-10-22-31)42-40(32-23-11-4-12-24-32)36-28-16-15-27-35(36)38(41(37)42)30-19-7-2-8-20-30/h2*1-36H;1-28H. The summed E-state index contributed by atoms with van der Waals surface area (Å²) in [6, 6.07) is 221. The Kier molecular flexibility index (Phi) is 24.3. The molecular weight excluding hydrogens is 1800 g/mol. The second kappa shape index (κ2) is 40.2. The van der Waals surface area contributed by atoms with Crippen LogP contribution in [0, 0.1) is 0 Å². The quantitative estimate of drug-likeness (QED) is 0.0846. The van der Waals surface area contributed by atoms with Crippen molar-refractivity contribution in [3.05, 3.63) is 607 Å². The van der Waals surface area contributed by atoms with Gasteiger partial charge in [-0.2, -0.15) is 0 Å². The Morgan fingerprint density at radius 3 is 0.327 bits per heavy atom. The molecule has 0 N–H and O–H groups in total. The van der Waals surface area contributed by atoms with Gasteiger partial charge < -0.3 is 0 Å². The molecule has 0 saturated heterocycles. The first-order valence-corrected chi connectivity index (χ1v) is 51.9. The van der Waals surface area contributed by atoms with E-state index in [0.29, 0.717) is 0 Å². The minimum atomic E-state index is 1.20. The monoisotopic (exact) mass is 1900 g/mol. The van der Waals surface area contributed by atoms with Crippen LogP contribution in [0.2, 0.25) is 0 Å². The van der Waals surface area contributed by atoms with Crippen molar-refractivity contribution in [1.29, 1.82) is 0 Å². The molecule has 0 atom stereocenters. The fraction of sp³-hybridized carbons (Fsp3) is 0. The average Bonchev–Trinajstić information content (AvgIpc) is 0.704. The summed E-state index contributed by atoms with van der Waals surface area (Å²) in [5.74, 6) is 0. The molecule has 700 valence electrons. The van der Waals surface area contributed by atoms with Crippen molar-refractivity contribution in [3.8, 4) is 178 Å². The van der Waals surface area contributed by atoms with E-state index in [1.165, 1.54) is 275 Å². The van der Waals surface area contributed by atoms with Gasteiger partial charge in [0.25, 0.3) is 0 Å². The van der Waals surface area contributed by atoms with E-state index in [2.05, 4.69) is 607 Å². The van der Waals surface area contributed by atoms with Gasteiger partial charge >= 0.3 is 0 Å². The van der Waals surface area contributed by atoms with Crippen molar-refractivity contribution >= 4 is 97.0 Å². The third-order valence-corrected chi connectivity index (χ3v) is 30.2. The van der Waals surface area contributed by atoms with Crippen molar-refractivity contribution in [2.45, 2.75) is 0 Å². The van der Waals surface area contributed by atoms with Crippen LogP contribution in [-0.4, -0.2) is 0 Å². The highest BCUT2D eigenvalue weighted by atomic mass is 14.3. The van der Waals surface area contributed by atoms with Gasteiger partial charge in [-0.25, -0.2) is 0 Å². The zero-order chi connectivity index (χ0) is 99.6. The molecule has 0 aliphatic heterocycles. The Bertz CT molecular complexity index is 9100. The molecule has 0 unspecified atom stereocenters. The largest absolute Gasteiger partial charge is 0.0622 e. The minimum absolute atomic E-state index is 1.20. The van der Waals surface area contributed by atoms with Gasteiger partial charge in [-0.1, -0.05) is 607 Å². The molecule has 0 bridgehead atoms.